The zero-order valence-corrected chi connectivity index (χ0v) is 20.2. The first-order chi connectivity index (χ1) is 16.3. The number of rotatable bonds is 10. The van der Waals surface area contributed by atoms with Gasteiger partial charge in [-0.15, -0.1) is 0 Å². The lowest BCUT2D eigenvalue weighted by atomic mass is 9.94. The van der Waals surface area contributed by atoms with Crippen molar-refractivity contribution in [3.05, 3.63) is 59.2 Å². The summed E-state index contributed by atoms with van der Waals surface area (Å²) in [6, 6.07) is 11.4. The van der Waals surface area contributed by atoms with Crippen LogP contribution in [0.5, 0.6) is 17.2 Å². The molecule has 182 valence electrons. The van der Waals surface area contributed by atoms with Crippen LogP contribution in [0, 0.1) is 0 Å². The summed E-state index contributed by atoms with van der Waals surface area (Å²) in [5, 5.41) is 11.5. The molecule has 2 aromatic carbocycles. The van der Waals surface area contributed by atoms with Crippen LogP contribution in [0.4, 0.5) is 0 Å². The largest absolute Gasteiger partial charge is 0.506 e. The molecule has 0 aliphatic carbocycles. The van der Waals surface area contributed by atoms with Crippen molar-refractivity contribution in [1.82, 2.24) is 4.90 Å². The molecular weight excluding hydrogens is 438 g/mol. The van der Waals surface area contributed by atoms with Crippen LogP contribution >= 0.6 is 0 Å². The fourth-order valence-corrected chi connectivity index (χ4v) is 4.10. The number of amides is 1. The van der Waals surface area contributed by atoms with Gasteiger partial charge in [0.05, 0.1) is 31.9 Å². The molecule has 1 heterocycles. The lowest BCUT2D eigenvalue weighted by molar-refractivity contribution is -0.140. The lowest BCUT2D eigenvalue weighted by Gasteiger charge is -2.27. The molecule has 34 heavy (non-hydrogen) atoms. The minimum atomic E-state index is -0.860. The summed E-state index contributed by atoms with van der Waals surface area (Å²) >= 11 is 0. The van der Waals surface area contributed by atoms with Gasteiger partial charge in [0.15, 0.2) is 0 Å². The van der Waals surface area contributed by atoms with E-state index in [1.165, 1.54) is 19.1 Å². The van der Waals surface area contributed by atoms with Crippen LogP contribution in [-0.2, 0) is 14.3 Å². The topological polar surface area (TPSA) is 94.5 Å². The summed E-state index contributed by atoms with van der Waals surface area (Å²) in [6.45, 7) is 4.47. The van der Waals surface area contributed by atoms with E-state index in [-0.39, 0.29) is 29.5 Å². The number of hydrogen-bond acceptors (Lipinski definition) is 7. The van der Waals surface area contributed by atoms with Crippen LogP contribution in [0.1, 0.15) is 37.4 Å². The van der Waals surface area contributed by atoms with Crippen LogP contribution in [0.3, 0.4) is 0 Å². The standard InChI is InChI=1S/C26H31NO7/c1-16(2)34-18-11-7-6-10-17(18)23-22(25(29)26(30)27(23)14-9-15-31-3)24(28)21-19(32-4)12-8-13-20(21)33-5/h6-8,10-13,16,23,28H,9,14-15H2,1-5H3/b24-22+. The highest BCUT2D eigenvalue weighted by Crippen LogP contribution is 2.45. The van der Waals surface area contributed by atoms with E-state index in [0.717, 1.165) is 0 Å². The van der Waals surface area contributed by atoms with E-state index >= 15 is 0 Å². The summed E-state index contributed by atoms with van der Waals surface area (Å²) < 4.78 is 22.0. The van der Waals surface area contributed by atoms with Crippen molar-refractivity contribution in [3.8, 4) is 17.2 Å². The van der Waals surface area contributed by atoms with Gasteiger partial charge in [-0.05, 0) is 38.5 Å². The molecule has 0 saturated carbocycles. The Hall–Kier alpha value is -3.52. The van der Waals surface area contributed by atoms with Gasteiger partial charge in [0.2, 0.25) is 0 Å². The highest BCUT2D eigenvalue weighted by Gasteiger charge is 2.47. The van der Waals surface area contributed by atoms with Gasteiger partial charge in [-0.25, -0.2) is 0 Å². The van der Waals surface area contributed by atoms with Crippen molar-refractivity contribution < 1.29 is 33.6 Å². The zero-order chi connectivity index (χ0) is 24.8. The monoisotopic (exact) mass is 469 g/mol. The molecule has 1 fully saturated rings. The molecule has 1 atom stereocenters. The quantitative estimate of drug-likeness (QED) is 0.244. The molecule has 1 aliphatic heterocycles. The summed E-state index contributed by atoms with van der Waals surface area (Å²) in [4.78, 5) is 27.9. The van der Waals surface area contributed by atoms with Gasteiger partial charge >= 0.3 is 0 Å². The Balaban J connectivity index is 2.27. The van der Waals surface area contributed by atoms with Crippen LogP contribution in [0.2, 0.25) is 0 Å². The number of Topliss-reactive ketones (excluding diaryl/α,β-unsaturated/α-hetero) is 1. The maximum Gasteiger partial charge on any atom is 0.295 e. The molecule has 1 aliphatic rings. The van der Waals surface area contributed by atoms with Gasteiger partial charge in [-0.3, -0.25) is 9.59 Å². The average molecular weight is 470 g/mol. The van der Waals surface area contributed by atoms with Gasteiger partial charge in [0.25, 0.3) is 11.7 Å². The fraction of sp³-hybridized carbons (Fsp3) is 0.385. The zero-order valence-electron chi connectivity index (χ0n) is 20.2. The molecule has 2 aromatic rings. The van der Waals surface area contributed by atoms with E-state index in [4.69, 9.17) is 18.9 Å². The summed E-state index contributed by atoms with van der Waals surface area (Å²) in [5.41, 5.74) is 0.753. The normalized spacial score (nSPS) is 17.4. The third-order valence-electron chi connectivity index (χ3n) is 5.53. The second-order valence-electron chi connectivity index (χ2n) is 8.08. The molecule has 1 saturated heterocycles. The minimum absolute atomic E-state index is 0.0509. The Morgan fingerprint density at radius 2 is 1.59 bits per heavy atom. The number of nitrogens with zero attached hydrogens (tertiary/aromatic N) is 1. The molecule has 0 aromatic heterocycles. The maximum atomic E-state index is 13.3. The molecule has 1 unspecified atom stereocenters. The Labute approximate surface area is 199 Å². The first-order valence-electron chi connectivity index (χ1n) is 11.1. The van der Waals surface area contributed by atoms with E-state index in [1.54, 1.807) is 37.4 Å². The second-order valence-corrected chi connectivity index (χ2v) is 8.08. The second kappa shape index (κ2) is 11.1. The van der Waals surface area contributed by atoms with E-state index in [1.807, 2.05) is 26.0 Å². The highest BCUT2D eigenvalue weighted by atomic mass is 16.5. The smallest absolute Gasteiger partial charge is 0.295 e. The molecule has 3 rings (SSSR count). The number of methoxy groups -OCH3 is 3. The van der Waals surface area contributed by atoms with Crippen molar-refractivity contribution in [2.75, 3.05) is 34.5 Å². The summed E-state index contributed by atoms with van der Waals surface area (Å²) in [6.07, 6.45) is 0.386. The number of ether oxygens (including phenoxy) is 4. The van der Waals surface area contributed by atoms with Gasteiger partial charge in [0.1, 0.15) is 28.6 Å². The number of aliphatic hydroxyl groups is 1. The molecule has 8 heteroatoms. The van der Waals surface area contributed by atoms with Gasteiger partial charge in [-0.1, -0.05) is 24.3 Å². The molecular formula is C26H31NO7. The summed E-state index contributed by atoms with van der Waals surface area (Å²) in [7, 11) is 4.49. The first kappa shape index (κ1) is 25.1. The number of carbonyl (C=O) groups excluding carboxylic acids is 2. The van der Waals surface area contributed by atoms with Crippen molar-refractivity contribution in [3.63, 3.8) is 0 Å². The van der Waals surface area contributed by atoms with Crippen LogP contribution < -0.4 is 14.2 Å². The number of para-hydroxylation sites is 1. The first-order valence-corrected chi connectivity index (χ1v) is 11.1. The number of benzene rings is 2. The molecule has 1 amide bonds. The Morgan fingerprint density at radius 3 is 2.18 bits per heavy atom. The number of ketones is 1. The van der Waals surface area contributed by atoms with Crippen molar-refractivity contribution in [1.29, 1.82) is 0 Å². The van der Waals surface area contributed by atoms with Crippen molar-refractivity contribution >= 4 is 17.4 Å². The molecule has 0 radical (unpaired) electrons. The molecule has 1 N–H and O–H groups in total. The van der Waals surface area contributed by atoms with E-state index in [0.29, 0.717) is 35.8 Å². The van der Waals surface area contributed by atoms with E-state index in [9.17, 15) is 14.7 Å². The fourth-order valence-electron chi connectivity index (χ4n) is 4.10. The SMILES string of the molecule is COCCCN1C(=O)C(=O)/C(=C(/O)c2c(OC)cccc2OC)C1c1ccccc1OC(C)C. The van der Waals surface area contributed by atoms with Crippen LogP contribution in [0.15, 0.2) is 48.0 Å². The third-order valence-corrected chi connectivity index (χ3v) is 5.53. The van der Waals surface area contributed by atoms with Gasteiger partial charge in [0, 0.05) is 25.8 Å². The predicted molar refractivity (Wildman–Crippen MR) is 127 cm³/mol. The lowest BCUT2D eigenvalue weighted by Crippen LogP contribution is -2.31. The Morgan fingerprint density at radius 1 is 0.971 bits per heavy atom. The van der Waals surface area contributed by atoms with Crippen molar-refractivity contribution in [2.24, 2.45) is 0 Å². The molecule has 0 spiro atoms. The molecule has 8 nitrogen and oxygen atoms in total. The number of hydrogen-bond donors (Lipinski definition) is 1. The minimum Gasteiger partial charge on any atom is -0.506 e. The van der Waals surface area contributed by atoms with Gasteiger partial charge in [-0.2, -0.15) is 0 Å². The third kappa shape index (κ3) is 4.87. The Kier molecular flexibility index (Phi) is 8.17. The average Bonchev–Trinajstić information content (AvgIpc) is 3.08. The number of aliphatic hydroxyl groups excluding tert-OH is 1. The van der Waals surface area contributed by atoms with E-state index in [2.05, 4.69) is 0 Å². The number of carbonyl (C=O) groups is 2. The summed E-state index contributed by atoms with van der Waals surface area (Å²) in [5.74, 6) is -0.700. The molecule has 0 bridgehead atoms. The van der Waals surface area contributed by atoms with Crippen LogP contribution in [0.25, 0.3) is 5.76 Å². The van der Waals surface area contributed by atoms with E-state index < -0.39 is 17.7 Å². The highest BCUT2D eigenvalue weighted by molar-refractivity contribution is 6.46. The van der Waals surface area contributed by atoms with Crippen LogP contribution in [-0.4, -0.2) is 62.3 Å². The van der Waals surface area contributed by atoms with Crippen molar-refractivity contribution in [2.45, 2.75) is 32.4 Å². The maximum absolute atomic E-state index is 13.3. The predicted octanol–water partition coefficient (Wildman–Crippen LogP) is 3.95. The Bertz CT molecular complexity index is 1050. The van der Waals surface area contributed by atoms with Gasteiger partial charge < -0.3 is 29.0 Å². The number of likely N-dealkylation sites (tertiary alicyclic amines) is 1.